The second-order valence-electron chi connectivity index (χ2n) is 8.79. The molecule has 2 aromatic rings. The van der Waals surface area contributed by atoms with Gasteiger partial charge in [-0.1, -0.05) is 12.1 Å². The smallest absolute Gasteiger partial charge is 0.227 e. The van der Waals surface area contributed by atoms with Gasteiger partial charge >= 0.3 is 0 Å². The van der Waals surface area contributed by atoms with Crippen molar-refractivity contribution in [2.45, 2.75) is 51.3 Å². The van der Waals surface area contributed by atoms with Gasteiger partial charge in [-0.3, -0.25) is 4.79 Å². The van der Waals surface area contributed by atoms with Crippen molar-refractivity contribution in [3.63, 3.8) is 0 Å². The number of rotatable bonds is 7. The molecule has 1 N–H and O–H groups in total. The van der Waals surface area contributed by atoms with Crippen LogP contribution in [0.15, 0.2) is 30.5 Å². The fraction of sp³-hybridized carbons (Fsp3) is 0.542. The van der Waals surface area contributed by atoms with E-state index in [0.717, 1.165) is 37.2 Å². The Morgan fingerprint density at radius 1 is 1.33 bits per heavy atom. The summed E-state index contributed by atoms with van der Waals surface area (Å²) in [7, 11) is 1.93. The fourth-order valence-corrected chi connectivity index (χ4v) is 4.37. The van der Waals surface area contributed by atoms with E-state index in [1.807, 2.05) is 48.0 Å². The molecule has 0 radical (unpaired) electrons. The van der Waals surface area contributed by atoms with Crippen LogP contribution in [0.25, 0.3) is 0 Å². The lowest BCUT2D eigenvalue weighted by molar-refractivity contribution is -0.119. The Kier molecular flexibility index (Phi) is 7.27. The van der Waals surface area contributed by atoms with Gasteiger partial charge in [0.1, 0.15) is 11.9 Å². The first-order valence-electron chi connectivity index (χ1n) is 11.5. The van der Waals surface area contributed by atoms with Gasteiger partial charge < -0.3 is 24.6 Å². The first-order chi connectivity index (χ1) is 15.9. The lowest BCUT2D eigenvalue weighted by Crippen LogP contribution is -2.39. The van der Waals surface area contributed by atoms with Crippen molar-refractivity contribution in [3.8, 4) is 5.75 Å². The summed E-state index contributed by atoms with van der Waals surface area (Å²) in [5.74, 6) is 1.09. The summed E-state index contributed by atoms with van der Waals surface area (Å²) in [6.45, 7) is 6.07. The number of nitrogens with zero attached hydrogens (tertiary/aromatic N) is 4. The number of anilines is 2. The molecule has 4 rings (SSSR count). The van der Waals surface area contributed by atoms with Crippen LogP contribution in [0.1, 0.15) is 44.7 Å². The Morgan fingerprint density at radius 3 is 2.82 bits per heavy atom. The largest absolute Gasteiger partial charge is 0.489 e. The molecule has 3 atom stereocenters. The molecule has 8 nitrogen and oxygen atoms in total. The third-order valence-electron chi connectivity index (χ3n) is 6.26. The van der Waals surface area contributed by atoms with Gasteiger partial charge in [0.2, 0.25) is 11.9 Å². The number of benzene rings is 1. The molecule has 2 saturated heterocycles. The number of nitrogens with one attached hydrogen (secondary N) is 1. The van der Waals surface area contributed by atoms with Crippen LogP contribution in [0.2, 0.25) is 0 Å². The Morgan fingerprint density at radius 2 is 2.12 bits per heavy atom. The van der Waals surface area contributed by atoms with Crippen molar-refractivity contribution in [2.24, 2.45) is 0 Å². The number of ether oxygens (including phenoxy) is 2. The number of carbonyl (C=O) groups is 1. The summed E-state index contributed by atoms with van der Waals surface area (Å²) in [5.41, 5.74) is 1.01. The summed E-state index contributed by atoms with van der Waals surface area (Å²) in [6, 6.07) is 7.84. The van der Waals surface area contributed by atoms with E-state index in [0.29, 0.717) is 31.5 Å². The quantitative estimate of drug-likeness (QED) is 0.684. The van der Waals surface area contributed by atoms with Crippen LogP contribution in [-0.2, 0) is 9.53 Å². The standard InChI is InChI=1S/C24H32FN5O3/c1-16(27-17(2)31)18-6-8-20(9-7-18)33-21-10-11-30(14-21)23-22(25)13-26-24(28-23)29(3)19-5-4-12-32-15-19/h6-9,13,16,19,21H,4-5,10-12,14-15H2,1-3H3,(H,27,31)/t16-,19?,21+/m0/s1. The van der Waals surface area contributed by atoms with Crippen molar-refractivity contribution in [2.75, 3.05) is 43.2 Å². The van der Waals surface area contributed by atoms with E-state index in [-0.39, 0.29) is 24.1 Å². The fourth-order valence-electron chi connectivity index (χ4n) is 4.37. The minimum atomic E-state index is -0.427. The Bertz CT molecular complexity index is 952. The number of hydrogen-bond donors (Lipinski definition) is 1. The normalized spacial score (nSPS) is 21.5. The van der Waals surface area contributed by atoms with Gasteiger partial charge in [0.15, 0.2) is 11.6 Å². The third-order valence-corrected chi connectivity index (χ3v) is 6.26. The SMILES string of the molecule is CC(=O)N[C@@H](C)c1ccc(O[C@@H]2CCN(c3nc(N(C)C4CCCOC4)ncc3F)C2)cc1. The van der Waals surface area contributed by atoms with E-state index < -0.39 is 5.82 Å². The maximum atomic E-state index is 14.6. The van der Waals surface area contributed by atoms with E-state index in [4.69, 9.17) is 9.47 Å². The lowest BCUT2D eigenvalue weighted by Gasteiger charge is -2.31. The number of carbonyl (C=O) groups excluding carboxylic acids is 1. The van der Waals surface area contributed by atoms with Crippen LogP contribution in [0.5, 0.6) is 5.75 Å². The maximum absolute atomic E-state index is 14.6. The van der Waals surface area contributed by atoms with E-state index in [9.17, 15) is 9.18 Å². The monoisotopic (exact) mass is 457 g/mol. The molecule has 2 fully saturated rings. The molecule has 1 aromatic heterocycles. The zero-order valence-corrected chi connectivity index (χ0v) is 19.5. The first kappa shape index (κ1) is 23.2. The number of aromatic nitrogens is 2. The van der Waals surface area contributed by atoms with Crippen LogP contribution >= 0.6 is 0 Å². The summed E-state index contributed by atoms with van der Waals surface area (Å²) in [5, 5.41) is 2.87. The van der Waals surface area contributed by atoms with Crippen LogP contribution in [0, 0.1) is 5.82 Å². The van der Waals surface area contributed by atoms with Gasteiger partial charge in [0.05, 0.1) is 31.4 Å². The van der Waals surface area contributed by atoms with Crippen LogP contribution in [-0.4, -0.2) is 61.4 Å². The van der Waals surface area contributed by atoms with E-state index in [1.165, 1.54) is 13.1 Å². The second-order valence-corrected chi connectivity index (χ2v) is 8.79. The first-order valence-corrected chi connectivity index (χ1v) is 11.5. The second kappa shape index (κ2) is 10.3. The predicted molar refractivity (Wildman–Crippen MR) is 124 cm³/mol. The Hall–Kier alpha value is -2.94. The molecular formula is C24H32FN5O3. The van der Waals surface area contributed by atoms with E-state index in [2.05, 4.69) is 15.3 Å². The Labute approximate surface area is 194 Å². The van der Waals surface area contributed by atoms with Crippen molar-refractivity contribution in [3.05, 3.63) is 41.8 Å². The van der Waals surface area contributed by atoms with Gasteiger partial charge in [-0.25, -0.2) is 9.37 Å². The molecule has 0 aliphatic carbocycles. The van der Waals surface area contributed by atoms with Gasteiger partial charge in [-0.15, -0.1) is 0 Å². The highest BCUT2D eigenvalue weighted by Gasteiger charge is 2.29. The van der Waals surface area contributed by atoms with Crippen molar-refractivity contribution in [1.82, 2.24) is 15.3 Å². The Balaban J connectivity index is 1.38. The van der Waals surface area contributed by atoms with Gasteiger partial charge in [0, 0.05) is 33.5 Å². The molecule has 2 aliphatic heterocycles. The minimum Gasteiger partial charge on any atom is -0.489 e. The van der Waals surface area contributed by atoms with E-state index in [1.54, 1.807) is 0 Å². The van der Waals surface area contributed by atoms with Crippen LogP contribution < -0.4 is 19.9 Å². The third kappa shape index (κ3) is 5.71. The molecular weight excluding hydrogens is 425 g/mol. The molecule has 1 amide bonds. The van der Waals surface area contributed by atoms with Crippen molar-refractivity contribution >= 4 is 17.7 Å². The lowest BCUT2D eigenvalue weighted by atomic mass is 10.1. The van der Waals surface area contributed by atoms with Crippen LogP contribution in [0.4, 0.5) is 16.2 Å². The van der Waals surface area contributed by atoms with Crippen molar-refractivity contribution < 1.29 is 18.7 Å². The predicted octanol–water partition coefficient (Wildman–Crippen LogP) is 3.09. The molecule has 2 aliphatic rings. The average Bonchev–Trinajstić information content (AvgIpc) is 3.27. The summed E-state index contributed by atoms with van der Waals surface area (Å²) >= 11 is 0. The maximum Gasteiger partial charge on any atom is 0.227 e. The highest BCUT2D eigenvalue weighted by molar-refractivity contribution is 5.73. The molecule has 0 bridgehead atoms. The number of amides is 1. The summed E-state index contributed by atoms with van der Waals surface area (Å²) in [6.07, 6.45) is 3.97. The van der Waals surface area contributed by atoms with Crippen molar-refractivity contribution in [1.29, 1.82) is 0 Å². The molecule has 33 heavy (non-hydrogen) atoms. The van der Waals surface area contributed by atoms with Crippen LogP contribution in [0.3, 0.4) is 0 Å². The highest BCUT2D eigenvalue weighted by atomic mass is 19.1. The molecule has 1 unspecified atom stereocenters. The van der Waals surface area contributed by atoms with Gasteiger partial charge in [0.25, 0.3) is 0 Å². The zero-order valence-electron chi connectivity index (χ0n) is 19.5. The number of hydrogen-bond acceptors (Lipinski definition) is 7. The molecule has 0 spiro atoms. The van der Waals surface area contributed by atoms with E-state index >= 15 is 0 Å². The van der Waals surface area contributed by atoms with Gasteiger partial charge in [-0.05, 0) is 37.5 Å². The molecule has 0 saturated carbocycles. The summed E-state index contributed by atoms with van der Waals surface area (Å²) < 4.78 is 26.3. The molecule has 1 aromatic carbocycles. The number of halogens is 1. The summed E-state index contributed by atoms with van der Waals surface area (Å²) in [4.78, 5) is 23.9. The minimum absolute atomic E-state index is 0.0627. The average molecular weight is 458 g/mol. The molecule has 3 heterocycles. The molecule has 178 valence electrons. The van der Waals surface area contributed by atoms with Gasteiger partial charge in [-0.2, -0.15) is 4.98 Å². The number of likely N-dealkylation sites (N-methyl/N-ethyl adjacent to an activating group) is 1. The molecule has 9 heteroatoms. The zero-order chi connectivity index (χ0) is 23.4. The highest BCUT2D eigenvalue weighted by Crippen LogP contribution is 2.27. The topological polar surface area (TPSA) is 79.8 Å².